The molecule has 0 aliphatic carbocycles. The minimum Gasteiger partial charge on any atom is -0.467 e. The predicted octanol–water partition coefficient (Wildman–Crippen LogP) is 2.07. The van der Waals surface area contributed by atoms with Crippen LogP contribution in [0.4, 0.5) is 0 Å². The standard InChI is InChI=1S/C20H28N2O4/c1-14-11-21(12-15(2)26-14)13-16-6-8-17(9-7-16)19(23)22-10-4-5-18(22)20(24)25-3/h6-9,14-15,18H,4-5,10-13H2,1-3H3/t14-,15-,18+/m1/s1. The highest BCUT2D eigenvalue weighted by molar-refractivity contribution is 5.97. The van der Waals surface area contributed by atoms with Gasteiger partial charge in [0, 0.05) is 31.7 Å². The van der Waals surface area contributed by atoms with E-state index < -0.39 is 6.04 Å². The second-order valence-electron chi connectivity index (χ2n) is 7.33. The summed E-state index contributed by atoms with van der Waals surface area (Å²) in [4.78, 5) is 28.6. The molecule has 2 saturated heterocycles. The Hall–Kier alpha value is -1.92. The van der Waals surface area contributed by atoms with E-state index in [0.29, 0.717) is 18.5 Å². The maximum atomic E-state index is 12.8. The van der Waals surface area contributed by atoms with Gasteiger partial charge in [-0.1, -0.05) is 12.1 Å². The Bertz CT molecular complexity index is 636. The molecule has 0 radical (unpaired) electrons. The molecule has 26 heavy (non-hydrogen) atoms. The normalized spacial score (nSPS) is 26.7. The first kappa shape index (κ1) is 18.9. The number of carbonyl (C=O) groups excluding carboxylic acids is 2. The van der Waals surface area contributed by atoms with E-state index in [9.17, 15) is 9.59 Å². The van der Waals surface area contributed by atoms with Crippen molar-refractivity contribution in [2.24, 2.45) is 0 Å². The molecular formula is C20H28N2O4. The van der Waals surface area contributed by atoms with E-state index >= 15 is 0 Å². The molecule has 6 nitrogen and oxygen atoms in total. The summed E-state index contributed by atoms with van der Waals surface area (Å²) >= 11 is 0. The van der Waals surface area contributed by atoms with E-state index in [1.165, 1.54) is 12.7 Å². The molecule has 2 fully saturated rings. The van der Waals surface area contributed by atoms with Crippen molar-refractivity contribution in [1.82, 2.24) is 9.80 Å². The lowest BCUT2D eigenvalue weighted by molar-refractivity contribution is -0.145. The first-order valence-electron chi connectivity index (χ1n) is 9.33. The SMILES string of the molecule is COC(=O)[C@@H]1CCCN1C(=O)c1ccc(CN2C[C@@H](C)O[C@H](C)C2)cc1. The topological polar surface area (TPSA) is 59.1 Å². The molecule has 3 atom stereocenters. The summed E-state index contributed by atoms with van der Waals surface area (Å²) < 4.78 is 10.6. The van der Waals surface area contributed by atoms with E-state index in [1.807, 2.05) is 24.3 Å². The maximum Gasteiger partial charge on any atom is 0.328 e. The van der Waals surface area contributed by atoms with Gasteiger partial charge in [0.1, 0.15) is 6.04 Å². The Morgan fingerprint density at radius 1 is 1.15 bits per heavy atom. The maximum absolute atomic E-state index is 12.8. The summed E-state index contributed by atoms with van der Waals surface area (Å²) in [6.45, 7) is 7.47. The van der Waals surface area contributed by atoms with Crippen LogP contribution >= 0.6 is 0 Å². The second-order valence-corrected chi connectivity index (χ2v) is 7.33. The van der Waals surface area contributed by atoms with Crippen LogP contribution in [0, 0.1) is 0 Å². The van der Waals surface area contributed by atoms with E-state index in [0.717, 1.165) is 26.1 Å². The van der Waals surface area contributed by atoms with Gasteiger partial charge in [0.25, 0.3) is 5.91 Å². The van der Waals surface area contributed by atoms with Gasteiger partial charge in [-0.15, -0.1) is 0 Å². The van der Waals surface area contributed by atoms with E-state index in [4.69, 9.17) is 9.47 Å². The van der Waals surface area contributed by atoms with Crippen LogP contribution in [0.1, 0.15) is 42.6 Å². The third kappa shape index (κ3) is 4.24. The Morgan fingerprint density at radius 2 is 1.81 bits per heavy atom. The summed E-state index contributed by atoms with van der Waals surface area (Å²) in [6, 6.07) is 7.26. The highest BCUT2D eigenvalue weighted by atomic mass is 16.5. The van der Waals surface area contributed by atoms with Gasteiger partial charge in [0.05, 0.1) is 19.3 Å². The molecule has 0 N–H and O–H groups in total. The lowest BCUT2D eigenvalue weighted by atomic mass is 10.1. The summed E-state index contributed by atoms with van der Waals surface area (Å²) in [7, 11) is 1.37. The largest absolute Gasteiger partial charge is 0.467 e. The molecule has 142 valence electrons. The highest BCUT2D eigenvalue weighted by Gasteiger charge is 2.35. The van der Waals surface area contributed by atoms with Gasteiger partial charge in [0.15, 0.2) is 0 Å². The van der Waals surface area contributed by atoms with Gasteiger partial charge in [-0.2, -0.15) is 0 Å². The van der Waals surface area contributed by atoms with Crippen molar-refractivity contribution < 1.29 is 19.1 Å². The molecule has 1 aromatic rings. The molecule has 2 aliphatic heterocycles. The molecule has 0 spiro atoms. The lowest BCUT2D eigenvalue weighted by Crippen LogP contribution is -2.44. The highest BCUT2D eigenvalue weighted by Crippen LogP contribution is 2.22. The first-order chi connectivity index (χ1) is 12.5. The molecule has 0 aromatic heterocycles. The van der Waals surface area contributed by atoms with Gasteiger partial charge in [-0.05, 0) is 44.4 Å². The van der Waals surface area contributed by atoms with Crippen LogP contribution in [0.3, 0.4) is 0 Å². The fourth-order valence-corrected chi connectivity index (χ4v) is 3.98. The van der Waals surface area contributed by atoms with Gasteiger partial charge in [0.2, 0.25) is 0 Å². The average molecular weight is 360 g/mol. The fourth-order valence-electron chi connectivity index (χ4n) is 3.98. The number of methoxy groups -OCH3 is 1. The number of ether oxygens (including phenoxy) is 2. The molecule has 3 rings (SSSR count). The van der Waals surface area contributed by atoms with Crippen molar-refractivity contribution in [3.05, 3.63) is 35.4 Å². The summed E-state index contributed by atoms with van der Waals surface area (Å²) in [5, 5.41) is 0. The van der Waals surface area contributed by atoms with Gasteiger partial charge in [-0.3, -0.25) is 9.69 Å². The minimum absolute atomic E-state index is 0.0990. The van der Waals surface area contributed by atoms with Crippen molar-refractivity contribution in [2.75, 3.05) is 26.7 Å². The van der Waals surface area contributed by atoms with E-state index in [2.05, 4.69) is 18.7 Å². The number of rotatable bonds is 4. The Kier molecular flexibility index (Phi) is 5.94. The first-order valence-corrected chi connectivity index (χ1v) is 9.33. The number of carbonyl (C=O) groups is 2. The van der Waals surface area contributed by atoms with Crippen LogP contribution in [0.25, 0.3) is 0 Å². The minimum atomic E-state index is -0.455. The number of amides is 1. The number of hydrogen-bond donors (Lipinski definition) is 0. The van der Waals surface area contributed by atoms with Crippen molar-refractivity contribution in [3.8, 4) is 0 Å². The van der Waals surface area contributed by atoms with Crippen molar-refractivity contribution in [3.63, 3.8) is 0 Å². The van der Waals surface area contributed by atoms with Crippen molar-refractivity contribution in [1.29, 1.82) is 0 Å². The van der Waals surface area contributed by atoms with Crippen LogP contribution < -0.4 is 0 Å². The third-order valence-corrected chi connectivity index (χ3v) is 5.09. The second kappa shape index (κ2) is 8.18. The monoisotopic (exact) mass is 360 g/mol. The van der Waals surface area contributed by atoms with Crippen molar-refractivity contribution >= 4 is 11.9 Å². The van der Waals surface area contributed by atoms with Crippen LogP contribution in [0.2, 0.25) is 0 Å². The predicted molar refractivity (Wildman–Crippen MR) is 97.8 cm³/mol. The van der Waals surface area contributed by atoms with Gasteiger partial charge < -0.3 is 14.4 Å². The Labute approximate surface area is 155 Å². The van der Waals surface area contributed by atoms with Crippen molar-refractivity contribution in [2.45, 2.75) is 51.5 Å². The van der Waals surface area contributed by atoms with Crippen LogP contribution in [-0.2, 0) is 20.8 Å². The molecule has 1 aromatic carbocycles. The molecular weight excluding hydrogens is 332 g/mol. The van der Waals surface area contributed by atoms with Gasteiger partial charge >= 0.3 is 5.97 Å². The molecule has 2 aliphatic rings. The summed E-state index contributed by atoms with van der Waals surface area (Å²) in [5.74, 6) is -0.430. The van der Waals surface area contributed by atoms with Gasteiger partial charge in [-0.25, -0.2) is 4.79 Å². The van der Waals surface area contributed by atoms with Crippen LogP contribution in [0.5, 0.6) is 0 Å². The lowest BCUT2D eigenvalue weighted by Gasteiger charge is -2.35. The van der Waals surface area contributed by atoms with Crippen LogP contribution in [0.15, 0.2) is 24.3 Å². The quantitative estimate of drug-likeness (QED) is 0.770. The molecule has 1 amide bonds. The summed E-state index contributed by atoms with van der Waals surface area (Å²) in [5.41, 5.74) is 1.79. The number of nitrogens with zero attached hydrogens (tertiary/aromatic N) is 2. The molecule has 0 bridgehead atoms. The molecule has 0 unspecified atom stereocenters. The Balaban J connectivity index is 1.63. The smallest absolute Gasteiger partial charge is 0.328 e. The van der Waals surface area contributed by atoms with E-state index in [-0.39, 0.29) is 24.1 Å². The fraction of sp³-hybridized carbons (Fsp3) is 0.600. The number of esters is 1. The number of morpholine rings is 1. The summed E-state index contributed by atoms with van der Waals surface area (Å²) in [6.07, 6.45) is 1.98. The average Bonchev–Trinajstić information content (AvgIpc) is 3.10. The molecule has 0 saturated carbocycles. The zero-order valence-electron chi connectivity index (χ0n) is 15.8. The Morgan fingerprint density at radius 3 is 2.42 bits per heavy atom. The zero-order chi connectivity index (χ0) is 18.7. The number of hydrogen-bond acceptors (Lipinski definition) is 5. The number of benzene rings is 1. The third-order valence-electron chi connectivity index (χ3n) is 5.09. The zero-order valence-corrected chi connectivity index (χ0v) is 15.8. The molecule has 2 heterocycles. The molecule has 6 heteroatoms. The van der Waals surface area contributed by atoms with E-state index in [1.54, 1.807) is 4.90 Å². The number of likely N-dealkylation sites (tertiary alicyclic amines) is 1. The van der Waals surface area contributed by atoms with Crippen LogP contribution in [-0.4, -0.2) is 66.7 Å².